The summed E-state index contributed by atoms with van der Waals surface area (Å²) < 4.78 is 10.3. The number of aromatic nitrogens is 1. The number of carbonyl (C=O) groups excluding carboxylic acids is 1. The van der Waals surface area contributed by atoms with Gasteiger partial charge in [-0.05, 0) is 90.4 Å². The molecule has 1 N–H and O–H groups in total. The van der Waals surface area contributed by atoms with Gasteiger partial charge < -0.3 is 14.5 Å². The highest BCUT2D eigenvalue weighted by Crippen LogP contribution is 2.39. The van der Waals surface area contributed by atoms with E-state index in [1.807, 2.05) is 30.3 Å². The molecule has 1 aromatic heterocycles. The Morgan fingerprint density at radius 3 is 2.57 bits per heavy atom. The molecule has 0 amide bonds. The van der Waals surface area contributed by atoms with Crippen LogP contribution in [0.5, 0.6) is 5.75 Å². The van der Waals surface area contributed by atoms with Gasteiger partial charge in [0.25, 0.3) is 0 Å². The van der Waals surface area contributed by atoms with Crippen LogP contribution in [0.25, 0.3) is 23.3 Å². The first-order valence-electron chi connectivity index (χ1n) is 11.9. The minimum atomic E-state index is -0.343. The normalized spacial score (nSPS) is 13.5. The van der Waals surface area contributed by atoms with Gasteiger partial charge in [-0.25, -0.2) is 4.79 Å². The monoisotopic (exact) mass is 487 g/mol. The molecule has 2 aromatic carbocycles. The summed E-state index contributed by atoms with van der Waals surface area (Å²) in [6.07, 6.45) is 10.5. The van der Waals surface area contributed by atoms with E-state index in [0.717, 1.165) is 64.2 Å². The first kappa shape index (κ1) is 24.6. The van der Waals surface area contributed by atoms with E-state index in [-0.39, 0.29) is 5.97 Å². The third kappa shape index (κ3) is 5.60. The van der Waals surface area contributed by atoms with Crippen molar-refractivity contribution in [3.63, 3.8) is 0 Å². The van der Waals surface area contributed by atoms with Gasteiger partial charge in [0.2, 0.25) is 0 Å². The predicted molar refractivity (Wildman–Crippen MR) is 144 cm³/mol. The lowest BCUT2D eigenvalue weighted by Gasteiger charge is -2.17. The first-order chi connectivity index (χ1) is 17.0. The molecule has 4 nitrogen and oxygen atoms in total. The molecular formula is C30H30ClNO3. The second-order valence-corrected chi connectivity index (χ2v) is 8.73. The third-order valence-corrected chi connectivity index (χ3v) is 6.44. The molecule has 180 valence electrons. The second-order valence-electron chi connectivity index (χ2n) is 8.32. The number of rotatable bonds is 8. The molecule has 0 aliphatic heterocycles. The molecule has 1 aliphatic rings. The van der Waals surface area contributed by atoms with Gasteiger partial charge in [0, 0.05) is 23.0 Å². The molecule has 3 aromatic rings. The van der Waals surface area contributed by atoms with E-state index < -0.39 is 0 Å². The summed E-state index contributed by atoms with van der Waals surface area (Å²) in [7, 11) is 1.64. The zero-order chi connectivity index (χ0) is 24.8. The molecule has 0 saturated heterocycles. The Hall–Kier alpha value is -3.50. The lowest BCUT2D eigenvalue weighted by atomic mass is 9.90. The number of nitrogens with one attached hydrogen (secondary N) is 1. The van der Waals surface area contributed by atoms with Crippen LogP contribution in [0.4, 0.5) is 0 Å². The van der Waals surface area contributed by atoms with E-state index in [0.29, 0.717) is 11.6 Å². The lowest BCUT2D eigenvalue weighted by Crippen LogP contribution is -1.98. The highest BCUT2D eigenvalue weighted by Gasteiger charge is 2.19. The SMILES string of the molecule is CCOC(=O)/C=C/c1ccc(/C(=C(/CC)c2ccc(OC)cc2Cl)c2cc3c([nH]2)C=CCC3)cc1. The number of fused-ring (bicyclic) bond motifs is 1. The maximum Gasteiger partial charge on any atom is 0.330 e. The topological polar surface area (TPSA) is 51.3 Å². The number of carbonyl (C=O) groups is 1. The van der Waals surface area contributed by atoms with E-state index in [1.165, 1.54) is 11.6 Å². The zero-order valence-electron chi connectivity index (χ0n) is 20.4. The van der Waals surface area contributed by atoms with Crippen LogP contribution in [0.2, 0.25) is 5.02 Å². The summed E-state index contributed by atoms with van der Waals surface area (Å²) in [6.45, 7) is 4.30. The number of esters is 1. The number of ether oxygens (including phenoxy) is 2. The van der Waals surface area contributed by atoms with Crippen molar-refractivity contribution >= 4 is 40.9 Å². The minimum Gasteiger partial charge on any atom is -0.497 e. The van der Waals surface area contributed by atoms with Gasteiger partial charge >= 0.3 is 5.97 Å². The third-order valence-electron chi connectivity index (χ3n) is 6.12. The Bertz CT molecular complexity index is 1300. The maximum atomic E-state index is 11.7. The van der Waals surface area contributed by atoms with Crippen LogP contribution in [0, 0.1) is 0 Å². The van der Waals surface area contributed by atoms with Crippen molar-refractivity contribution in [1.29, 1.82) is 0 Å². The second kappa shape index (κ2) is 11.3. The number of hydrogen-bond acceptors (Lipinski definition) is 3. The summed E-state index contributed by atoms with van der Waals surface area (Å²) in [5.74, 6) is 0.388. The number of allylic oxidation sites excluding steroid dienone is 2. The Morgan fingerprint density at radius 2 is 1.91 bits per heavy atom. The van der Waals surface area contributed by atoms with Crippen LogP contribution in [0.1, 0.15) is 60.3 Å². The van der Waals surface area contributed by atoms with Gasteiger partial charge in [0.1, 0.15) is 5.75 Å². The standard InChI is InChI=1S/C30H30ClNO3/c1-4-24(25-16-15-23(34-3)19-26(25)31)30(28-18-22-8-6-7-9-27(22)32-28)21-13-10-20(11-14-21)12-17-29(33)35-5-2/h7,9-19,32H,4-6,8H2,1-3H3/b17-12+,30-24+. The highest BCUT2D eigenvalue weighted by molar-refractivity contribution is 6.33. The van der Waals surface area contributed by atoms with Gasteiger partial charge in [-0.2, -0.15) is 0 Å². The largest absolute Gasteiger partial charge is 0.497 e. The van der Waals surface area contributed by atoms with E-state index >= 15 is 0 Å². The first-order valence-corrected chi connectivity index (χ1v) is 12.3. The van der Waals surface area contributed by atoms with Crippen molar-refractivity contribution in [2.75, 3.05) is 13.7 Å². The van der Waals surface area contributed by atoms with Crippen LogP contribution < -0.4 is 4.74 Å². The van der Waals surface area contributed by atoms with E-state index in [4.69, 9.17) is 21.1 Å². The zero-order valence-corrected chi connectivity index (χ0v) is 21.1. The lowest BCUT2D eigenvalue weighted by molar-refractivity contribution is -0.137. The molecule has 5 heteroatoms. The number of methoxy groups -OCH3 is 1. The maximum absolute atomic E-state index is 11.7. The minimum absolute atomic E-state index is 0.343. The summed E-state index contributed by atoms with van der Waals surface area (Å²) in [5, 5.41) is 0.656. The molecule has 0 atom stereocenters. The summed E-state index contributed by atoms with van der Waals surface area (Å²) in [4.78, 5) is 15.3. The van der Waals surface area contributed by atoms with E-state index in [2.05, 4.69) is 42.3 Å². The van der Waals surface area contributed by atoms with Crippen LogP contribution in [0.15, 0.2) is 60.7 Å². The molecule has 4 rings (SSSR count). The van der Waals surface area contributed by atoms with Crippen molar-refractivity contribution in [1.82, 2.24) is 4.98 Å². The molecule has 0 unspecified atom stereocenters. The summed E-state index contributed by atoms with van der Waals surface area (Å²) in [5.41, 5.74) is 8.80. The number of hydrogen-bond donors (Lipinski definition) is 1. The Balaban J connectivity index is 1.83. The smallest absolute Gasteiger partial charge is 0.330 e. The molecule has 35 heavy (non-hydrogen) atoms. The van der Waals surface area contributed by atoms with Gasteiger partial charge in [-0.15, -0.1) is 0 Å². The summed E-state index contributed by atoms with van der Waals surface area (Å²) >= 11 is 6.74. The van der Waals surface area contributed by atoms with Crippen molar-refractivity contribution in [3.8, 4) is 5.75 Å². The quantitative estimate of drug-likeness (QED) is 0.202. The molecule has 0 spiro atoms. The number of halogens is 1. The van der Waals surface area contributed by atoms with Gasteiger partial charge in [-0.1, -0.05) is 48.9 Å². The van der Waals surface area contributed by atoms with Crippen LogP contribution >= 0.6 is 11.6 Å². The fraction of sp³-hybridized carbons (Fsp3) is 0.233. The van der Waals surface area contributed by atoms with Crippen LogP contribution in [0.3, 0.4) is 0 Å². The fourth-order valence-electron chi connectivity index (χ4n) is 4.42. The predicted octanol–water partition coefficient (Wildman–Crippen LogP) is 7.58. The van der Waals surface area contributed by atoms with Gasteiger partial charge in [0.15, 0.2) is 0 Å². The Labute approximate surface area is 211 Å². The van der Waals surface area contributed by atoms with Gasteiger partial charge in [-0.3, -0.25) is 0 Å². The van der Waals surface area contributed by atoms with E-state index in [9.17, 15) is 4.79 Å². The highest BCUT2D eigenvalue weighted by atomic mass is 35.5. The van der Waals surface area contributed by atoms with Crippen molar-refractivity contribution < 1.29 is 14.3 Å². The number of benzene rings is 2. The molecule has 0 radical (unpaired) electrons. The Kier molecular flexibility index (Phi) is 7.94. The fourth-order valence-corrected chi connectivity index (χ4v) is 4.71. The molecule has 0 saturated carbocycles. The number of aromatic amines is 1. The van der Waals surface area contributed by atoms with Crippen molar-refractivity contribution in [2.24, 2.45) is 0 Å². The Morgan fingerprint density at radius 1 is 1.11 bits per heavy atom. The molecule has 0 fully saturated rings. The number of H-pyrrole nitrogens is 1. The summed E-state index contributed by atoms with van der Waals surface area (Å²) in [6, 6.07) is 16.3. The van der Waals surface area contributed by atoms with Crippen molar-refractivity contribution in [3.05, 3.63) is 99.3 Å². The van der Waals surface area contributed by atoms with Gasteiger partial charge in [0.05, 0.1) is 18.7 Å². The van der Waals surface area contributed by atoms with Crippen molar-refractivity contribution in [2.45, 2.75) is 33.1 Å². The molecule has 1 heterocycles. The average molecular weight is 488 g/mol. The number of aryl methyl sites for hydroxylation is 1. The van der Waals surface area contributed by atoms with Crippen LogP contribution in [-0.2, 0) is 16.0 Å². The molecular weight excluding hydrogens is 458 g/mol. The average Bonchev–Trinajstić information content (AvgIpc) is 3.30. The van der Waals surface area contributed by atoms with E-state index in [1.54, 1.807) is 20.1 Å². The molecule has 0 bridgehead atoms. The van der Waals surface area contributed by atoms with Crippen LogP contribution in [-0.4, -0.2) is 24.7 Å². The molecule has 1 aliphatic carbocycles.